The number of carbonyl (C=O) groups excluding carboxylic acids is 1. The van der Waals surface area contributed by atoms with Gasteiger partial charge in [-0.15, -0.1) is 10.2 Å². The monoisotopic (exact) mass is 294 g/mol. The first kappa shape index (κ1) is 14.4. The highest BCUT2D eigenvalue weighted by Crippen LogP contribution is 2.13. The van der Waals surface area contributed by atoms with Crippen LogP contribution in [-0.4, -0.2) is 39.5 Å². The largest absolute Gasteiger partial charge is 0.363 e. The average Bonchev–Trinajstić information content (AvgIpc) is 3.01. The second-order valence-corrected chi connectivity index (χ2v) is 5.40. The number of carbonyl (C=O) groups is 1. The van der Waals surface area contributed by atoms with Gasteiger partial charge in [0, 0.05) is 25.8 Å². The van der Waals surface area contributed by atoms with Gasteiger partial charge in [-0.3, -0.25) is 9.48 Å². The van der Waals surface area contributed by atoms with Gasteiger partial charge in [0.15, 0.2) is 0 Å². The van der Waals surface area contributed by atoms with E-state index in [9.17, 15) is 4.79 Å². The van der Waals surface area contributed by atoms with Crippen LogP contribution >= 0.6 is 11.3 Å². The van der Waals surface area contributed by atoms with Crippen molar-refractivity contribution < 1.29 is 4.79 Å². The molecule has 0 spiro atoms. The molecule has 2 N–H and O–H groups in total. The zero-order valence-corrected chi connectivity index (χ0v) is 12.6. The highest BCUT2D eigenvalue weighted by molar-refractivity contribution is 7.17. The quantitative estimate of drug-likeness (QED) is 0.782. The summed E-state index contributed by atoms with van der Waals surface area (Å²) in [4.78, 5) is 11.8. The molecule has 0 aliphatic rings. The SMILES string of the molecule is CNc1nnc(C(=O)NCCCn2nc(C)cc2C)s1. The van der Waals surface area contributed by atoms with Gasteiger partial charge < -0.3 is 10.6 Å². The van der Waals surface area contributed by atoms with Crippen LogP contribution < -0.4 is 10.6 Å². The van der Waals surface area contributed by atoms with Crippen molar-refractivity contribution in [2.45, 2.75) is 26.8 Å². The fourth-order valence-corrected chi connectivity index (χ4v) is 2.44. The summed E-state index contributed by atoms with van der Waals surface area (Å²) >= 11 is 1.24. The van der Waals surface area contributed by atoms with Crippen molar-refractivity contribution in [1.82, 2.24) is 25.3 Å². The molecule has 0 unspecified atom stereocenters. The summed E-state index contributed by atoms with van der Waals surface area (Å²) in [6.07, 6.45) is 0.825. The molecule has 8 heteroatoms. The molecule has 0 saturated carbocycles. The van der Waals surface area contributed by atoms with Gasteiger partial charge in [0.25, 0.3) is 5.91 Å². The predicted octanol–water partition coefficient (Wildman–Crippen LogP) is 1.21. The van der Waals surface area contributed by atoms with Crippen LogP contribution in [0.2, 0.25) is 0 Å². The van der Waals surface area contributed by atoms with Crippen molar-refractivity contribution in [2.75, 3.05) is 18.9 Å². The minimum atomic E-state index is -0.183. The maximum absolute atomic E-state index is 11.8. The Morgan fingerprint density at radius 2 is 2.20 bits per heavy atom. The van der Waals surface area contributed by atoms with E-state index in [2.05, 4.69) is 25.9 Å². The molecule has 0 bridgehead atoms. The Kier molecular flexibility index (Phi) is 4.67. The Morgan fingerprint density at radius 3 is 2.80 bits per heavy atom. The van der Waals surface area contributed by atoms with E-state index in [1.54, 1.807) is 7.05 Å². The minimum Gasteiger partial charge on any atom is -0.363 e. The molecular formula is C12H18N6OS. The average molecular weight is 294 g/mol. The van der Waals surface area contributed by atoms with E-state index in [0.717, 1.165) is 24.4 Å². The molecule has 0 saturated heterocycles. The van der Waals surface area contributed by atoms with Crippen LogP contribution in [0.5, 0.6) is 0 Å². The Balaban J connectivity index is 1.75. The van der Waals surface area contributed by atoms with Crippen molar-refractivity contribution in [2.24, 2.45) is 0 Å². The molecule has 0 fully saturated rings. The van der Waals surface area contributed by atoms with Crippen LogP contribution in [0.1, 0.15) is 27.6 Å². The summed E-state index contributed by atoms with van der Waals surface area (Å²) in [5, 5.41) is 18.7. The number of aryl methyl sites for hydroxylation is 3. The highest BCUT2D eigenvalue weighted by atomic mass is 32.1. The van der Waals surface area contributed by atoms with E-state index >= 15 is 0 Å². The van der Waals surface area contributed by atoms with Crippen LogP contribution in [0.4, 0.5) is 5.13 Å². The molecule has 7 nitrogen and oxygen atoms in total. The van der Waals surface area contributed by atoms with Crippen LogP contribution in [-0.2, 0) is 6.54 Å². The van der Waals surface area contributed by atoms with Gasteiger partial charge in [-0.25, -0.2) is 0 Å². The minimum absolute atomic E-state index is 0.183. The molecule has 2 rings (SSSR count). The number of aromatic nitrogens is 4. The van der Waals surface area contributed by atoms with Gasteiger partial charge in [-0.05, 0) is 26.3 Å². The van der Waals surface area contributed by atoms with Crippen molar-refractivity contribution >= 4 is 22.4 Å². The summed E-state index contributed by atoms with van der Waals surface area (Å²) in [6, 6.07) is 2.04. The van der Waals surface area contributed by atoms with Crippen LogP contribution in [0.15, 0.2) is 6.07 Å². The molecule has 1 amide bonds. The normalized spacial score (nSPS) is 10.6. The van der Waals surface area contributed by atoms with Gasteiger partial charge in [0.2, 0.25) is 10.1 Å². The van der Waals surface area contributed by atoms with E-state index in [-0.39, 0.29) is 5.91 Å². The van der Waals surface area contributed by atoms with Gasteiger partial charge in [0.05, 0.1) is 5.69 Å². The maximum atomic E-state index is 11.8. The van der Waals surface area contributed by atoms with Crippen molar-refractivity contribution in [3.8, 4) is 0 Å². The third-order valence-corrected chi connectivity index (χ3v) is 3.71. The zero-order valence-electron chi connectivity index (χ0n) is 11.8. The lowest BCUT2D eigenvalue weighted by molar-refractivity contribution is 0.0951. The molecule has 2 aromatic heterocycles. The summed E-state index contributed by atoms with van der Waals surface area (Å²) < 4.78 is 1.95. The van der Waals surface area contributed by atoms with E-state index in [4.69, 9.17) is 0 Å². The summed E-state index contributed by atoms with van der Waals surface area (Å²) in [5.41, 5.74) is 2.15. The van der Waals surface area contributed by atoms with E-state index in [1.807, 2.05) is 24.6 Å². The number of anilines is 1. The van der Waals surface area contributed by atoms with E-state index in [0.29, 0.717) is 16.7 Å². The van der Waals surface area contributed by atoms with Gasteiger partial charge in [-0.1, -0.05) is 11.3 Å². The lowest BCUT2D eigenvalue weighted by Crippen LogP contribution is -2.25. The van der Waals surface area contributed by atoms with Crippen molar-refractivity contribution in [1.29, 1.82) is 0 Å². The Morgan fingerprint density at radius 1 is 1.40 bits per heavy atom. The smallest absolute Gasteiger partial charge is 0.282 e. The number of amides is 1. The summed E-state index contributed by atoms with van der Waals surface area (Å²) in [7, 11) is 1.75. The van der Waals surface area contributed by atoms with Gasteiger partial charge in [-0.2, -0.15) is 5.10 Å². The molecule has 2 heterocycles. The lowest BCUT2D eigenvalue weighted by atomic mass is 10.4. The van der Waals surface area contributed by atoms with Crippen LogP contribution in [0.25, 0.3) is 0 Å². The molecule has 0 aliphatic carbocycles. The van der Waals surface area contributed by atoms with Crippen LogP contribution in [0.3, 0.4) is 0 Å². The first-order valence-electron chi connectivity index (χ1n) is 6.40. The maximum Gasteiger partial charge on any atom is 0.282 e. The first-order valence-corrected chi connectivity index (χ1v) is 7.22. The topological polar surface area (TPSA) is 84.7 Å². The first-order chi connectivity index (χ1) is 9.60. The molecule has 0 aromatic carbocycles. The predicted molar refractivity (Wildman–Crippen MR) is 78.1 cm³/mol. The molecule has 0 aliphatic heterocycles. The summed E-state index contributed by atoms with van der Waals surface area (Å²) in [5.74, 6) is -0.183. The van der Waals surface area contributed by atoms with Crippen LogP contribution in [0, 0.1) is 13.8 Å². The number of hydrogen-bond donors (Lipinski definition) is 2. The molecular weight excluding hydrogens is 276 g/mol. The van der Waals surface area contributed by atoms with E-state index < -0.39 is 0 Å². The van der Waals surface area contributed by atoms with Crippen molar-refractivity contribution in [3.05, 3.63) is 22.5 Å². The third-order valence-electron chi connectivity index (χ3n) is 2.77. The standard InChI is InChI=1S/C12H18N6OS/c1-8-7-9(2)18(17-8)6-4-5-14-10(19)11-15-16-12(13-3)20-11/h7H,4-6H2,1-3H3,(H,13,16)(H,14,19). The van der Waals surface area contributed by atoms with Gasteiger partial charge in [0.1, 0.15) is 0 Å². The Bertz CT molecular complexity index is 591. The lowest BCUT2D eigenvalue weighted by Gasteiger charge is -2.05. The number of rotatable bonds is 6. The summed E-state index contributed by atoms with van der Waals surface area (Å²) in [6.45, 7) is 5.38. The second kappa shape index (κ2) is 6.47. The highest BCUT2D eigenvalue weighted by Gasteiger charge is 2.11. The number of nitrogens with one attached hydrogen (secondary N) is 2. The Hall–Kier alpha value is -1.96. The molecule has 20 heavy (non-hydrogen) atoms. The molecule has 0 radical (unpaired) electrons. The van der Waals surface area contributed by atoms with E-state index in [1.165, 1.54) is 11.3 Å². The fourth-order valence-electron chi connectivity index (χ4n) is 1.82. The third kappa shape index (κ3) is 3.53. The fraction of sp³-hybridized carbons (Fsp3) is 0.500. The molecule has 0 atom stereocenters. The number of nitrogens with zero attached hydrogens (tertiary/aromatic N) is 4. The molecule has 108 valence electrons. The zero-order chi connectivity index (χ0) is 14.5. The Labute approximate surface area is 121 Å². The molecule has 2 aromatic rings. The second-order valence-electron chi connectivity index (χ2n) is 4.42. The number of hydrogen-bond acceptors (Lipinski definition) is 6. The van der Waals surface area contributed by atoms with Crippen molar-refractivity contribution in [3.63, 3.8) is 0 Å². The van der Waals surface area contributed by atoms with Gasteiger partial charge >= 0.3 is 0 Å².